The molecule has 3 rings (SSSR count). The maximum atomic E-state index is 12.9. The SMILES string of the molecule is CC[C@]1(O)C(=O)N(c2cccc(C(=O)N(C)Cc3cnn(C)c3C)c2)N=C1C. The number of aryl methyl sites for hydroxylation is 1. The third kappa shape index (κ3) is 3.20. The van der Waals surface area contributed by atoms with Crippen molar-refractivity contribution in [3.63, 3.8) is 0 Å². The summed E-state index contributed by atoms with van der Waals surface area (Å²) in [5.41, 5.74) is 1.62. The average Bonchev–Trinajstić information content (AvgIpc) is 3.13. The van der Waals surface area contributed by atoms with E-state index in [2.05, 4.69) is 10.2 Å². The van der Waals surface area contributed by atoms with Gasteiger partial charge in [0.15, 0.2) is 5.60 Å². The van der Waals surface area contributed by atoms with E-state index in [1.54, 1.807) is 60.9 Å². The van der Waals surface area contributed by atoms with Crippen molar-refractivity contribution in [2.45, 2.75) is 39.3 Å². The Balaban J connectivity index is 1.82. The maximum Gasteiger partial charge on any atom is 0.285 e. The molecule has 1 atom stereocenters. The van der Waals surface area contributed by atoms with E-state index in [0.29, 0.717) is 23.5 Å². The third-order valence-corrected chi connectivity index (χ3v) is 5.34. The van der Waals surface area contributed by atoms with Gasteiger partial charge in [0.2, 0.25) is 0 Å². The van der Waals surface area contributed by atoms with Crippen LogP contribution in [0.4, 0.5) is 5.69 Å². The first-order valence-electron chi connectivity index (χ1n) is 9.14. The van der Waals surface area contributed by atoms with Crippen LogP contribution in [-0.4, -0.2) is 50.0 Å². The minimum Gasteiger partial charge on any atom is -0.374 e. The van der Waals surface area contributed by atoms with Crippen LogP contribution in [0.2, 0.25) is 0 Å². The summed E-state index contributed by atoms with van der Waals surface area (Å²) in [5.74, 6) is -0.681. The van der Waals surface area contributed by atoms with Gasteiger partial charge < -0.3 is 10.0 Å². The number of hydrogen-bond donors (Lipinski definition) is 1. The van der Waals surface area contributed by atoms with Gasteiger partial charge in [-0.15, -0.1) is 0 Å². The summed E-state index contributed by atoms with van der Waals surface area (Å²) >= 11 is 0. The smallest absolute Gasteiger partial charge is 0.285 e. The van der Waals surface area contributed by atoms with E-state index in [9.17, 15) is 14.7 Å². The van der Waals surface area contributed by atoms with Crippen LogP contribution >= 0.6 is 0 Å². The van der Waals surface area contributed by atoms with E-state index in [0.717, 1.165) is 11.3 Å². The summed E-state index contributed by atoms with van der Waals surface area (Å²) in [7, 11) is 3.58. The van der Waals surface area contributed by atoms with Crippen molar-refractivity contribution in [3.05, 3.63) is 47.3 Å². The highest BCUT2D eigenvalue weighted by Gasteiger charge is 2.46. The zero-order chi connectivity index (χ0) is 20.6. The number of hydrazone groups is 1. The third-order valence-electron chi connectivity index (χ3n) is 5.34. The largest absolute Gasteiger partial charge is 0.374 e. The van der Waals surface area contributed by atoms with E-state index in [1.165, 1.54) is 5.01 Å². The minimum atomic E-state index is -1.59. The van der Waals surface area contributed by atoms with E-state index in [1.807, 2.05) is 14.0 Å². The normalized spacial score (nSPS) is 19.1. The van der Waals surface area contributed by atoms with E-state index in [-0.39, 0.29) is 12.3 Å². The van der Waals surface area contributed by atoms with Crippen LogP contribution in [0.25, 0.3) is 0 Å². The number of nitrogens with zero attached hydrogens (tertiary/aromatic N) is 5. The molecule has 148 valence electrons. The Kier molecular flexibility index (Phi) is 5.08. The van der Waals surface area contributed by atoms with E-state index < -0.39 is 11.5 Å². The standard InChI is InChI=1S/C20H25N5O3/c1-6-20(28)14(3)22-25(19(20)27)17-9-7-8-15(10-17)18(26)23(4)12-16-11-21-24(5)13(16)2/h7-11,28H,6,12H2,1-5H3/t20-/m1/s1. The molecule has 0 fully saturated rings. The highest BCUT2D eigenvalue weighted by molar-refractivity contribution is 6.21. The molecule has 0 unspecified atom stereocenters. The fraction of sp³-hybridized carbons (Fsp3) is 0.400. The van der Waals surface area contributed by atoms with Gasteiger partial charge in [-0.1, -0.05) is 13.0 Å². The molecule has 2 heterocycles. The second-order valence-electron chi connectivity index (χ2n) is 7.11. The number of anilines is 1. The summed E-state index contributed by atoms with van der Waals surface area (Å²) in [5, 5.41) is 20.1. The molecule has 1 aromatic heterocycles. The number of carbonyl (C=O) groups excluding carboxylic acids is 2. The van der Waals surface area contributed by atoms with E-state index >= 15 is 0 Å². The molecule has 1 aromatic carbocycles. The molecular weight excluding hydrogens is 358 g/mol. The Hall–Kier alpha value is -3.00. The summed E-state index contributed by atoms with van der Waals surface area (Å²) in [6, 6.07) is 6.71. The van der Waals surface area contributed by atoms with Gasteiger partial charge in [0.25, 0.3) is 11.8 Å². The second kappa shape index (κ2) is 7.20. The lowest BCUT2D eigenvalue weighted by atomic mass is 9.95. The molecule has 8 heteroatoms. The lowest BCUT2D eigenvalue weighted by Crippen LogP contribution is -2.45. The molecule has 8 nitrogen and oxygen atoms in total. The van der Waals surface area contributed by atoms with Crippen LogP contribution in [0.3, 0.4) is 0 Å². The maximum absolute atomic E-state index is 12.9. The lowest BCUT2D eigenvalue weighted by molar-refractivity contribution is -0.129. The number of amides is 2. The fourth-order valence-electron chi connectivity index (χ4n) is 3.21. The lowest BCUT2D eigenvalue weighted by Gasteiger charge is -2.21. The van der Waals surface area contributed by atoms with Crippen molar-refractivity contribution in [1.29, 1.82) is 0 Å². The van der Waals surface area contributed by atoms with Crippen molar-refractivity contribution < 1.29 is 14.7 Å². The zero-order valence-electron chi connectivity index (χ0n) is 16.8. The number of aromatic nitrogens is 2. The van der Waals surface area contributed by atoms with Crippen molar-refractivity contribution >= 4 is 23.2 Å². The average molecular weight is 383 g/mol. The molecule has 2 amide bonds. The predicted molar refractivity (Wildman–Crippen MR) is 106 cm³/mol. The molecule has 0 bridgehead atoms. The fourth-order valence-corrected chi connectivity index (χ4v) is 3.21. The van der Waals surface area contributed by atoms with Crippen molar-refractivity contribution in [1.82, 2.24) is 14.7 Å². The van der Waals surface area contributed by atoms with Gasteiger partial charge in [0.1, 0.15) is 0 Å². The molecule has 0 saturated heterocycles. The van der Waals surface area contributed by atoms with Gasteiger partial charge >= 0.3 is 0 Å². The van der Waals surface area contributed by atoms with Crippen LogP contribution in [0, 0.1) is 6.92 Å². The number of rotatable bonds is 5. The van der Waals surface area contributed by atoms with Crippen molar-refractivity contribution in [2.24, 2.45) is 12.1 Å². The predicted octanol–water partition coefficient (Wildman–Crippen LogP) is 1.86. The minimum absolute atomic E-state index is 0.178. The summed E-state index contributed by atoms with van der Waals surface area (Å²) in [6.07, 6.45) is 1.99. The monoisotopic (exact) mass is 383 g/mol. The first kappa shape index (κ1) is 19.8. The molecule has 1 aliphatic rings. The van der Waals surface area contributed by atoms with Crippen LogP contribution in [0.1, 0.15) is 41.9 Å². The van der Waals surface area contributed by atoms with E-state index in [4.69, 9.17) is 0 Å². The van der Waals surface area contributed by atoms with Gasteiger partial charge in [-0.3, -0.25) is 14.3 Å². The highest BCUT2D eigenvalue weighted by atomic mass is 16.3. The van der Waals surface area contributed by atoms with Crippen LogP contribution in [-0.2, 0) is 18.4 Å². The Labute approximate surface area is 164 Å². The molecule has 0 spiro atoms. The van der Waals surface area contributed by atoms with Crippen molar-refractivity contribution in [3.8, 4) is 0 Å². The molecule has 1 aliphatic heterocycles. The zero-order valence-corrected chi connectivity index (χ0v) is 16.8. The van der Waals surface area contributed by atoms with Crippen LogP contribution in [0.15, 0.2) is 35.6 Å². The number of carbonyl (C=O) groups is 2. The van der Waals surface area contributed by atoms with Crippen molar-refractivity contribution in [2.75, 3.05) is 12.1 Å². The van der Waals surface area contributed by atoms with Gasteiger partial charge in [-0.2, -0.15) is 15.2 Å². The quantitative estimate of drug-likeness (QED) is 0.853. The topological polar surface area (TPSA) is 91.0 Å². The van der Waals surface area contributed by atoms with Gasteiger partial charge in [0.05, 0.1) is 17.6 Å². The van der Waals surface area contributed by atoms with Gasteiger partial charge in [-0.05, 0) is 38.5 Å². The summed E-state index contributed by atoms with van der Waals surface area (Å²) in [4.78, 5) is 27.1. The molecule has 0 saturated carbocycles. The Morgan fingerprint density at radius 1 is 1.32 bits per heavy atom. The molecule has 1 N–H and O–H groups in total. The molecule has 28 heavy (non-hydrogen) atoms. The summed E-state index contributed by atoms with van der Waals surface area (Å²) < 4.78 is 1.77. The van der Waals surface area contributed by atoms with Gasteiger partial charge in [0, 0.05) is 37.5 Å². The molecule has 0 aliphatic carbocycles. The molecule has 0 radical (unpaired) electrons. The first-order chi connectivity index (χ1) is 13.2. The molecular formula is C20H25N5O3. The number of hydrogen-bond acceptors (Lipinski definition) is 5. The van der Waals surface area contributed by atoms with Crippen LogP contribution in [0.5, 0.6) is 0 Å². The second-order valence-corrected chi connectivity index (χ2v) is 7.11. The Bertz CT molecular complexity index is 965. The Morgan fingerprint density at radius 2 is 2.04 bits per heavy atom. The van der Waals surface area contributed by atoms with Crippen LogP contribution < -0.4 is 5.01 Å². The number of aliphatic hydroxyl groups is 1. The molecule has 2 aromatic rings. The first-order valence-corrected chi connectivity index (χ1v) is 9.14. The highest BCUT2D eigenvalue weighted by Crippen LogP contribution is 2.29. The van der Waals surface area contributed by atoms with Gasteiger partial charge in [-0.25, -0.2) is 0 Å². The Morgan fingerprint density at radius 3 is 2.61 bits per heavy atom. The number of benzene rings is 1. The summed E-state index contributed by atoms with van der Waals surface area (Å²) in [6.45, 7) is 5.74.